The van der Waals surface area contributed by atoms with E-state index in [9.17, 15) is 13.2 Å². The van der Waals surface area contributed by atoms with Gasteiger partial charge in [-0.25, -0.2) is 8.42 Å². The predicted molar refractivity (Wildman–Crippen MR) is 112 cm³/mol. The highest BCUT2D eigenvalue weighted by Gasteiger charge is 2.25. The average Bonchev–Trinajstić information content (AvgIpc) is 2.68. The van der Waals surface area contributed by atoms with Crippen molar-refractivity contribution in [2.45, 2.75) is 32.7 Å². The summed E-state index contributed by atoms with van der Waals surface area (Å²) < 4.78 is 24.2. The van der Waals surface area contributed by atoms with Crippen LogP contribution in [-0.2, 0) is 21.2 Å². The van der Waals surface area contributed by atoms with E-state index in [1.165, 1.54) is 5.56 Å². The van der Waals surface area contributed by atoms with Gasteiger partial charge in [0.15, 0.2) is 9.84 Å². The van der Waals surface area contributed by atoms with Crippen LogP contribution in [0.1, 0.15) is 31.7 Å². The van der Waals surface area contributed by atoms with Crippen molar-refractivity contribution in [2.24, 2.45) is 0 Å². The fourth-order valence-corrected chi connectivity index (χ4v) is 4.96. The van der Waals surface area contributed by atoms with Gasteiger partial charge in [-0.1, -0.05) is 44.0 Å². The molecule has 1 fully saturated rings. The van der Waals surface area contributed by atoms with Crippen LogP contribution in [0.25, 0.3) is 10.9 Å². The van der Waals surface area contributed by atoms with E-state index < -0.39 is 9.84 Å². The number of aromatic nitrogens is 1. The van der Waals surface area contributed by atoms with E-state index in [2.05, 4.69) is 28.1 Å². The first-order valence-electron chi connectivity index (χ1n) is 10.0. The molecular weight excluding hydrogens is 374 g/mol. The lowest BCUT2D eigenvalue weighted by Gasteiger charge is -2.34. The minimum absolute atomic E-state index is 0.112. The fraction of sp³-hybridized carbons (Fsp3) is 0.524. The van der Waals surface area contributed by atoms with Gasteiger partial charge >= 0.3 is 0 Å². The fourth-order valence-electron chi connectivity index (χ4n) is 3.61. The summed E-state index contributed by atoms with van der Waals surface area (Å²) in [5.41, 5.74) is 2.19. The van der Waals surface area contributed by atoms with E-state index in [0.29, 0.717) is 19.5 Å². The van der Waals surface area contributed by atoms with E-state index >= 15 is 0 Å². The van der Waals surface area contributed by atoms with Crippen LogP contribution in [0.15, 0.2) is 36.5 Å². The smallest absolute Gasteiger partial charge is 0.237 e. The summed E-state index contributed by atoms with van der Waals surface area (Å²) in [6.07, 6.45) is 4.30. The first kappa shape index (κ1) is 20.7. The Kier molecular flexibility index (Phi) is 7.02. The second kappa shape index (κ2) is 9.47. The van der Waals surface area contributed by atoms with E-state index in [-0.39, 0.29) is 17.4 Å². The first-order valence-corrected chi connectivity index (χ1v) is 11.8. The molecule has 3 rings (SSSR count). The molecule has 0 aliphatic carbocycles. The van der Waals surface area contributed by atoms with E-state index in [1.54, 1.807) is 4.90 Å². The molecular formula is C21H29N3O3S. The van der Waals surface area contributed by atoms with E-state index in [1.807, 2.05) is 25.3 Å². The van der Waals surface area contributed by atoms with Crippen LogP contribution in [-0.4, -0.2) is 66.8 Å². The van der Waals surface area contributed by atoms with Gasteiger partial charge in [0, 0.05) is 44.3 Å². The lowest BCUT2D eigenvalue weighted by atomic mass is 10.1. The Hall–Kier alpha value is -1.99. The molecule has 0 N–H and O–H groups in total. The van der Waals surface area contributed by atoms with Crippen LogP contribution in [0, 0.1) is 0 Å². The number of carbonyl (C=O) groups excluding carboxylic acids is 1. The zero-order valence-electron chi connectivity index (χ0n) is 16.5. The maximum Gasteiger partial charge on any atom is 0.237 e. The molecule has 1 aromatic carbocycles. The Morgan fingerprint density at radius 1 is 1.07 bits per heavy atom. The van der Waals surface area contributed by atoms with Crippen molar-refractivity contribution in [3.8, 4) is 0 Å². The number of nitrogens with zero attached hydrogens (tertiary/aromatic N) is 3. The molecule has 0 spiro atoms. The Morgan fingerprint density at radius 2 is 1.82 bits per heavy atom. The Bertz CT molecular complexity index is 901. The second-order valence-electron chi connectivity index (χ2n) is 7.45. The summed E-state index contributed by atoms with van der Waals surface area (Å²) in [6.45, 7) is 5.44. The quantitative estimate of drug-likeness (QED) is 0.634. The van der Waals surface area contributed by atoms with Crippen molar-refractivity contribution in [3.63, 3.8) is 0 Å². The third-order valence-corrected chi connectivity index (χ3v) is 6.83. The number of unbranched alkanes of at least 4 members (excludes halogenated alkanes) is 2. The topological polar surface area (TPSA) is 70.6 Å². The molecule has 0 unspecified atom stereocenters. The average molecular weight is 404 g/mol. The summed E-state index contributed by atoms with van der Waals surface area (Å²) in [4.78, 5) is 20.9. The number of rotatable bonds is 8. The Balaban J connectivity index is 1.52. The first-order chi connectivity index (χ1) is 13.5. The molecule has 1 aliphatic heterocycles. The van der Waals surface area contributed by atoms with Gasteiger partial charge < -0.3 is 4.90 Å². The number of pyridine rings is 1. The summed E-state index contributed by atoms with van der Waals surface area (Å²) >= 11 is 0. The Morgan fingerprint density at radius 3 is 2.57 bits per heavy atom. The maximum absolute atomic E-state index is 12.4. The number of para-hydroxylation sites is 1. The largest absolute Gasteiger partial charge is 0.339 e. The number of carbonyl (C=O) groups is 1. The molecule has 0 bridgehead atoms. The molecule has 2 heterocycles. The number of amides is 1. The molecule has 0 radical (unpaired) electrons. The number of benzene rings is 1. The maximum atomic E-state index is 12.4. The zero-order chi connectivity index (χ0) is 20.0. The molecule has 1 aliphatic rings. The molecule has 1 aromatic heterocycles. The van der Waals surface area contributed by atoms with E-state index in [0.717, 1.165) is 43.4 Å². The normalized spacial score (nSPS) is 15.8. The minimum atomic E-state index is -3.30. The highest BCUT2D eigenvalue weighted by Crippen LogP contribution is 2.18. The molecule has 2 aromatic rings. The van der Waals surface area contributed by atoms with Crippen molar-refractivity contribution in [2.75, 3.05) is 37.7 Å². The van der Waals surface area contributed by atoms with Crippen LogP contribution < -0.4 is 0 Å². The molecule has 7 heteroatoms. The second-order valence-corrected chi connectivity index (χ2v) is 9.63. The van der Waals surface area contributed by atoms with Crippen LogP contribution in [0.3, 0.4) is 0 Å². The van der Waals surface area contributed by atoms with Gasteiger partial charge in [-0.2, -0.15) is 0 Å². The van der Waals surface area contributed by atoms with Crippen LogP contribution in [0.2, 0.25) is 0 Å². The van der Waals surface area contributed by atoms with Crippen molar-refractivity contribution < 1.29 is 13.2 Å². The summed E-state index contributed by atoms with van der Waals surface area (Å²) in [6, 6.07) is 10.2. The summed E-state index contributed by atoms with van der Waals surface area (Å²) in [5, 5.41) is 1.13. The minimum Gasteiger partial charge on any atom is -0.339 e. The van der Waals surface area contributed by atoms with Gasteiger partial charge in [-0.05, 0) is 18.1 Å². The molecule has 1 saturated heterocycles. The lowest BCUT2D eigenvalue weighted by molar-refractivity contribution is -0.130. The molecule has 152 valence electrons. The SMILES string of the molecule is CCCCCS(=O)(=O)CC(=O)N1CCN(Cc2cccc3cccnc23)CC1. The zero-order valence-corrected chi connectivity index (χ0v) is 17.3. The third kappa shape index (κ3) is 5.52. The van der Waals surface area contributed by atoms with Crippen molar-refractivity contribution >= 4 is 26.6 Å². The molecule has 0 atom stereocenters. The van der Waals surface area contributed by atoms with Gasteiger partial charge in [0.1, 0.15) is 5.75 Å². The highest BCUT2D eigenvalue weighted by atomic mass is 32.2. The molecule has 0 saturated carbocycles. The van der Waals surface area contributed by atoms with Gasteiger partial charge in [0.05, 0.1) is 11.3 Å². The predicted octanol–water partition coefficient (Wildman–Crippen LogP) is 2.48. The van der Waals surface area contributed by atoms with E-state index in [4.69, 9.17) is 0 Å². The summed E-state index contributed by atoms with van der Waals surface area (Å²) in [7, 11) is -3.30. The number of sulfone groups is 1. The molecule has 6 nitrogen and oxygen atoms in total. The van der Waals surface area contributed by atoms with Gasteiger partial charge in [-0.3, -0.25) is 14.7 Å². The summed E-state index contributed by atoms with van der Waals surface area (Å²) in [5.74, 6) is -0.507. The van der Waals surface area contributed by atoms with Gasteiger partial charge in [-0.15, -0.1) is 0 Å². The Labute approximate surface area is 167 Å². The lowest BCUT2D eigenvalue weighted by Crippen LogP contribution is -2.49. The van der Waals surface area contributed by atoms with Crippen molar-refractivity contribution in [3.05, 3.63) is 42.1 Å². The standard InChI is InChI=1S/C21H29N3O3S/c1-2-3-4-15-28(26,27)17-20(25)24-13-11-23(12-14-24)16-19-8-5-7-18-9-6-10-22-21(18)19/h5-10H,2-4,11-17H2,1H3. The molecule has 1 amide bonds. The number of fused-ring (bicyclic) bond motifs is 1. The third-order valence-electron chi connectivity index (χ3n) is 5.24. The number of piperazine rings is 1. The van der Waals surface area contributed by atoms with Crippen LogP contribution in [0.5, 0.6) is 0 Å². The number of hydrogen-bond acceptors (Lipinski definition) is 5. The van der Waals surface area contributed by atoms with Crippen molar-refractivity contribution in [1.82, 2.24) is 14.8 Å². The van der Waals surface area contributed by atoms with Gasteiger partial charge in [0.2, 0.25) is 5.91 Å². The molecule has 28 heavy (non-hydrogen) atoms. The highest BCUT2D eigenvalue weighted by molar-refractivity contribution is 7.92. The van der Waals surface area contributed by atoms with Crippen LogP contribution >= 0.6 is 0 Å². The van der Waals surface area contributed by atoms with Crippen LogP contribution in [0.4, 0.5) is 0 Å². The van der Waals surface area contributed by atoms with Gasteiger partial charge in [0.25, 0.3) is 0 Å². The monoisotopic (exact) mass is 403 g/mol. The van der Waals surface area contributed by atoms with Crippen molar-refractivity contribution in [1.29, 1.82) is 0 Å². The number of hydrogen-bond donors (Lipinski definition) is 0.